The Balaban J connectivity index is 2.01. The molecule has 2 rings (SSSR count). The first-order valence-electron chi connectivity index (χ1n) is 5.83. The Bertz CT molecular complexity index is 558. The predicted molar refractivity (Wildman–Crippen MR) is 69.3 cm³/mol. The fraction of sp³-hybridized carbons (Fsp3) is 0.200. The number of ether oxygens (including phenoxy) is 1. The minimum Gasteiger partial charge on any atom is -0.492 e. The molecule has 0 N–H and O–H groups in total. The lowest BCUT2D eigenvalue weighted by Gasteiger charge is -2.10. The molecule has 0 spiro atoms. The molecule has 0 unspecified atom stereocenters. The summed E-state index contributed by atoms with van der Waals surface area (Å²) in [7, 11) is 0. The average Bonchev–Trinajstić information content (AvgIpc) is 2.41. The van der Waals surface area contributed by atoms with Gasteiger partial charge in [0, 0.05) is 18.3 Å². The Kier molecular flexibility index (Phi) is 3.93. The monoisotopic (exact) mass is 238 g/mol. The molecule has 18 heavy (non-hydrogen) atoms. The number of aryl methyl sites for hydroxylation is 1. The quantitative estimate of drug-likeness (QED) is 0.822. The summed E-state index contributed by atoms with van der Waals surface area (Å²) >= 11 is 0. The lowest BCUT2D eigenvalue weighted by atomic mass is 10.1. The molecule has 1 heterocycles. The zero-order valence-electron chi connectivity index (χ0n) is 10.3. The van der Waals surface area contributed by atoms with Gasteiger partial charge in [-0.1, -0.05) is 18.2 Å². The van der Waals surface area contributed by atoms with Crippen molar-refractivity contribution in [3.63, 3.8) is 0 Å². The van der Waals surface area contributed by atoms with E-state index in [1.807, 2.05) is 37.3 Å². The van der Waals surface area contributed by atoms with Crippen LogP contribution in [0.25, 0.3) is 0 Å². The van der Waals surface area contributed by atoms with Crippen molar-refractivity contribution in [2.75, 3.05) is 6.61 Å². The fourth-order valence-electron chi connectivity index (χ4n) is 1.74. The molecule has 0 atom stereocenters. The van der Waals surface area contributed by atoms with Gasteiger partial charge in [-0.15, -0.1) is 0 Å². The van der Waals surface area contributed by atoms with Gasteiger partial charge in [0.1, 0.15) is 11.8 Å². The zero-order valence-corrected chi connectivity index (χ0v) is 10.3. The maximum atomic E-state index is 9.02. The number of hydrogen-bond acceptors (Lipinski definition) is 3. The van der Waals surface area contributed by atoms with Crippen LogP contribution in [0.2, 0.25) is 0 Å². The van der Waals surface area contributed by atoms with Crippen LogP contribution in [0.4, 0.5) is 0 Å². The minimum absolute atomic E-state index is 0.524. The van der Waals surface area contributed by atoms with Gasteiger partial charge in [-0.25, -0.2) is 0 Å². The van der Waals surface area contributed by atoms with Crippen molar-refractivity contribution in [1.82, 2.24) is 4.98 Å². The highest BCUT2D eigenvalue weighted by molar-refractivity contribution is 5.47. The first kappa shape index (κ1) is 12.1. The van der Waals surface area contributed by atoms with Gasteiger partial charge in [-0.2, -0.15) is 5.26 Å². The second-order valence-corrected chi connectivity index (χ2v) is 3.98. The Labute approximate surface area is 107 Å². The molecular formula is C15H14N2O. The van der Waals surface area contributed by atoms with Gasteiger partial charge < -0.3 is 4.74 Å². The van der Waals surface area contributed by atoms with E-state index in [2.05, 4.69) is 11.1 Å². The Morgan fingerprint density at radius 2 is 2.11 bits per heavy atom. The third kappa shape index (κ3) is 2.86. The minimum atomic E-state index is 0.524. The van der Waals surface area contributed by atoms with Crippen LogP contribution >= 0.6 is 0 Å². The summed E-state index contributed by atoms with van der Waals surface area (Å²) in [6.45, 7) is 2.47. The molecule has 2 aromatic rings. The van der Waals surface area contributed by atoms with Crippen LogP contribution in [-0.2, 0) is 6.42 Å². The smallest absolute Gasteiger partial charge is 0.139 e. The molecular weight excluding hydrogens is 224 g/mol. The zero-order chi connectivity index (χ0) is 12.8. The summed E-state index contributed by atoms with van der Waals surface area (Å²) in [5.41, 5.74) is 2.55. The Hall–Kier alpha value is -2.34. The lowest BCUT2D eigenvalue weighted by Crippen LogP contribution is -2.04. The molecule has 0 saturated carbocycles. The Morgan fingerprint density at radius 3 is 2.83 bits per heavy atom. The number of pyridine rings is 1. The molecule has 0 radical (unpaired) electrons. The molecule has 1 aromatic carbocycles. The van der Waals surface area contributed by atoms with Crippen molar-refractivity contribution >= 4 is 0 Å². The number of benzene rings is 1. The molecule has 3 heteroatoms. The summed E-state index contributed by atoms with van der Waals surface area (Å²) in [5.74, 6) is 0.677. The van der Waals surface area contributed by atoms with Gasteiger partial charge >= 0.3 is 0 Å². The van der Waals surface area contributed by atoms with Crippen molar-refractivity contribution in [2.24, 2.45) is 0 Å². The molecule has 0 amide bonds. The molecule has 90 valence electrons. The molecule has 0 aliphatic carbocycles. The van der Waals surface area contributed by atoms with E-state index in [-0.39, 0.29) is 0 Å². The van der Waals surface area contributed by atoms with Crippen LogP contribution < -0.4 is 4.74 Å². The van der Waals surface area contributed by atoms with Crippen molar-refractivity contribution in [1.29, 1.82) is 5.26 Å². The topological polar surface area (TPSA) is 45.9 Å². The van der Waals surface area contributed by atoms with E-state index >= 15 is 0 Å². The SMILES string of the molecule is Cc1cccc(C#N)c1OCCc1ccccn1. The van der Waals surface area contributed by atoms with E-state index in [1.54, 1.807) is 12.3 Å². The van der Waals surface area contributed by atoms with Crippen LogP contribution in [-0.4, -0.2) is 11.6 Å². The van der Waals surface area contributed by atoms with Crippen molar-refractivity contribution in [2.45, 2.75) is 13.3 Å². The highest BCUT2D eigenvalue weighted by atomic mass is 16.5. The molecule has 3 nitrogen and oxygen atoms in total. The summed E-state index contributed by atoms with van der Waals surface area (Å²) < 4.78 is 5.70. The second kappa shape index (κ2) is 5.83. The molecule has 1 aromatic heterocycles. The van der Waals surface area contributed by atoms with Crippen LogP contribution in [0.15, 0.2) is 42.6 Å². The third-order valence-corrected chi connectivity index (χ3v) is 2.66. The summed E-state index contributed by atoms with van der Waals surface area (Å²) in [5, 5.41) is 9.02. The van der Waals surface area contributed by atoms with E-state index in [9.17, 15) is 0 Å². The van der Waals surface area contributed by atoms with Gasteiger partial charge in [0.15, 0.2) is 0 Å². The van der Waals surface area contributed by atoms with E-state index in [0.717, 1.165) is 17.7 Å². The Morgan fingerprint density at radius 1 is 1.22 bits per heavy atom. The van der Waals surface area contributed by atoms with Gasteiger partial charge in [-0.3, -0.25) is 4.98 Å². The van der Waals surface area contributed by atoms with E-state index in [1.165, 1.54) is 0 Å². The van der Waals surface area contributed by atoms with Gasteiger partial charge in [0.2, 0.25) is 0 Å². The highest BCUT2D eigenvalue weighted by Crippen LogP contribution is 2.22. The standard InChI is InChI=1S/C15H14N2O/c1-12-5-4-6-13(11-16)15(12)18-10-8-14-7-2-3-9-17-14/h2-7,9H,8,10H2,1H3. The summed E-state index contributed by atoms with van der Waals surface area (Å²) in [4.78, 5) is 4.23. The van der Waals surface area contributed by atoms with Crippen LogP contribution in [0.1, 0.15) is 16.8 Å². The number of aromatic nitrogens is 1. The normalized spacial score (nSPS) is 9.78. The number of hydrogen-bond donors (Lipinski definition) is 0. The van der Waals surface area contributed by atoms with Gasteiger partial charge in [0.05, 0.1) is 12.2 Å². The van der Waals surface area contributed by atoms with Crippen molar-refractivity contribution in [3.8, 4) is 11.8 Å². The third-order valence-electron chi connectivity index (χ3n) is 2.66. The van der Waals surface area contributed by atoms with E-state index in [4.69, 9.17) is 10.00 Å². The summed E-state index contributed by atoms with van der Waals surface area (Å²) in [6.07, 6.45) is 2.50. The van der Waals surface area contributed by atoms with E-state index < -0.39 is 0 Å². The van der Waals surface area contributed by atoms with Crippen LogP contribution in [0, 0.1) is 18.3 Å². The second-order valence-electron chi connectivity index (χ2n) is 3.98. The first-order chi connectivity index (χ1) is 8.81. The fourth-order valence-corrected chi connectivity index (χ4v) is 1.74. The molecule has 0 bridgehead atoms. The first-order valence-corrected chi connectivity index (χ1v) is 5.83. The lowest BCUT2D eigenvalue weighted by molar-refractivity contribution is 0.317. The average molecular weight is 238 g/mol. The summed E-state index contributed by atoms with van der Waals surface area (Å²) in [6, 6.07) is 13.5. The number of para-hydroxylation sites is 1. The van der Waals surface area contributed by atoms with Crippen LogP contribution in [0.5, 0.6) is 5.75 Å². The maximum absolute atomic E-state index is 9.02. The van der Waals surface area contributed by atoms with Gasteiger partial charge in [-0.05, 0) is 30.7 Å². The van der Waals surface area contributed by atoms with E-state index in [0.29, 0.717) is 17.9 Å². The molecule has 0 aliphatic heterocycles. The largest absolute Gasteiger partial charge is 0.492 e. The molecule has 0 aliphatic rings. The highest BCUT2D eigenvalue weighted by Gasteiger charge is 2.06. The molecule has 0 saturated heterocycles. The molecule has 0 fully saturated rings. The predicted octanol–water partition coefficient (Wildman–Crippen LogP) is 2.88. The number of nitriles is 1. The van der Waals surface area contributed by atoms with Crippen LogP contribution in [0.3, 0.4) is 0 Å². The number of nitrogens with zero attached hydrogens (tertiary/aromatic N) is 2. The van der Waals surface area contributed by atoms with Crippen molar-refractivity contribution < 1.29 is 4.74 Å². The van der Waals surface area contributed by atoms with Crippen molar-refractivity contribution in [3.05, 3.63) is 59.4 Å². The maximum Gasteiger partial charge on any atom is 0.139 e. The number of rotatable bonds is 4. The van der Waals surface area contributed by atoms with Gasteiger partial charge in [0.25, 0.3) is 0 Å².